The number of benzene rings is 3. The van der Waals surface area contributed by atoms with Crippen molar-refractivity contribution < 1.29 is 19.3 Å². The van der Waals surface area contributed by atoms with Gasteiger partial charge in [-0.15, -0.1) is 11.3 Å². The third kappa shape index (κ3) is 3.87. The standard InChI is InChI=1S/C26H25NO4S/c1-29-20-7-8-23(28)18(12-20)14-27-9-10-31-26-19(15-27)11-17(13-24(26)30-2)22-16-32-25-6-4-3-5-21(22)25/h3-8,11-13,16,28H,9-10,14-15H2,1-2H3. The molecule has 0 saturated heterocycles. The molecule has 32 heavy (non-hydrogen) atoms. The summed E-state index contributed by atoms with van der Waals surface area (Å²) in [6, 6.07) is 18.1. The molecule has 1 N–H and O–H groups in total. The molecule has 0 unspecified atom stereocenters. The van der Waals surface area contributed by atoms with Crippen LogP contribution in [0.15, 0.2) is 60.0 Å². The molecule has 3 aromatic carbocycles. The van der Waals surface area contributed by atoms with Crippen LogP contribution < -0.4 is 14.2 Å². The van der Waals surface area contributed by atoms with E-state index >= 15 is 0 Å². The number of aromatic hydroxyl groups is 1. The fourth-order valence-electron chi connectivity index (χ4n) is 4.24. The van der Waals surface area contributed by atoms with Crippen LogP contribution in [-0.4, -0.2) is 37.4 Å². The van der Waals surface area contributed by atoms with Crippen LogP contribution in [0, 0.1) is 0 Å². The number of hydrogen-bond donors (Lipinski definition) is 1. The SMILES string of the molecule is COc1ccc(O)c(CN2CCOc3c(cc(-c4csc5ccccc45)cc3OC)C2)c1. The zero-order chi connectivity index (χ0) is 22.1. The normalized spacial score (nSPS) is 13.9. The maximum absolute atomic E-state index is 10.3. The maximum atomic E-state index is 10.3. The molecule has 5 nitrogen and oxygen atoms in total. The molecule has 0 bridgehead atoms. The van der Waals surface area contributed by atoms with Crippen molar-refractivity contribution in [3.05, 3.63) is 71.1 Å². The summed E-state index contributed by atoms with van der Waals surface area (Å²) in [7, 11) is 3.32. The second-order valence-corrected chi connectivity index (χ2v) is 8.78. The Labute approximate surface area is 191 Å². The molecule has 1 aliphatic heterocycles. The monoisotopic (exact) mass is 447 g/mol. The Kier molecular flexibility index (Phi) is 5.64. The van der Waals surface area contributed by atoms with Gasteiger partial charge in [-0.3, -0.25) is 4.90 Å². The van der Waals surface area contributed by atoms with Crippen LogP contribution in [0.4, 0.5) is 0 Å². The van der Waals surface area contributed by atoms with Crippen molar-refractivity contribution >= 4 is 21.4 Å². The molecule has 0 spiro atoms. The van der Waals surface area contributed by atoms with Gasteiger partial charge in [-0.1, -0.05) is 18.2 Å². The summed E-state index contributed by atoms with van der Waals surface area (Å²) in [4.78, 5) is 2.27. The predicted molar refractivity (Wildman–Crippen MR) is 128 cm³/mol. The Bertz CT molecular complexity index is 1270. The summed E-state index contributed by atoms with van der Waals surface area (Å²) in [6.07, 6.45) is 0. The third-order valence-electron chi connectivity index (χ3n) is 5.87. The molecule has 1 aliphatic rings. The number of phenols is 1. The molecule has 0 saturated carbocycles. The number of hydrogen-bond acceptors (Lipinski definition) is 6. The molecular weight excluding hydrogens is 422 g/mol. The van der Waals surface area contributed by atoms with Crippen LogP contribution in [0.1, 0.15) is 11.1 Å². The smallest absolute Gasteiger partial charge is 0.165 e. The van der Waals surface area contributed by atoms with Crippen molar-refractivity contribution in [3.8, 4) is 34.1 Å². The van der Waals surface area contributed by atoms with Crippen molar-refractivity contribution in [2.45, 2.75) is 13.1 Å². The lowest BCUT2D eigenvalue weighted by Crippen LogP contribution is -2.25. The first-order chi connectivity index (χ1) is 15.7. The van der Waals surface area contributed by atoms with Gasteiger partial charge < -0.3 is 19.3 Å². The molecule has 0 radical (unpaired) electrons. The minimum Gasteiger partial charge on any atom is -0.508 e. The van der Waals surface area contributed by atoms with E-state index in [4.69, 9.17) is 14.2 Å². The Hall–Kier alpha value is -3.22. The molecule has 0 atom stereocenters. The highest BCUT2D eigenvalue weighted by Gasteiger charge is 2.22. The lowest BCUT2D eigenvalue weighted by molar-refractivity contribution is 0.215. The van der Waals surface area contributed by atoms with E-state index in [1.165, 1.54) is 15.6 Å². The highest BCUT2D eigenvalue weighted by molar-refractivity contribution is 7.17. The van der Waals surface area contributed by atoms with E-state index in [1.54, 1.807) is 37.7 Å². The van der Waals surface area contributed by atoms with E-state index in [0.717, 1.165) is 40.5 Å². The third-order valence-corrected chi connectivity index (χ3v) is 6.84. The molecule has 2 heterocycles. The van der Waals surface area contributed by atoms with Crippen LogP contribution in [0.5, 0.6) is 23.0 Å². The first-order valence-corrected chi connectivity index (χ1v) is 11.4. The zero-order valence-corrected chi connectivity index (χ0v) is 18.9. The molecule has 5 rings (SSSR count). The highest BCUT2D eigenvalue weighted by Crippen LogP contribution is 2.42. The van der Waals surface area contributed by atoms with Crippen molar-refractivity contribution in [1.29, 1.82) is 0 Å². The van der Waals surface area contributed by atoms with Gasteiger partial charge in [-0.05, 0) is 47.3 Å². The van der Waals surface area contributed by atoms with E-state index in [-0.39, 0.29) is 5.75 Å². The van der Waals surface area contributed by atoms with Crippen molar-refractivity contribution in [3.63, 3.8) is 0 Å². The Morgan fingerprint density at radius 1 is 1.06 bits per heavy atom. The Balaban J connectivity index is 1.51. The van der Waals surface area contributed by atoms with Gasteiger partial charge in [0.15, 0.2) is 11.5 Å². The quantitative estimate of drug-likeness (QED) is 0.426. The predicted octanol–water partition coefficient (Wildman–Crippen LogP) is 5.69. The second-order valence-electron chi connectivity index (χ2n) is 7.87. The van der Waals surface area contributed by atoms with Gasteiger partial charge in [0.25, 0.3) is 0 Å². The summed E-state index contributed by atoms with van der Waals surface area (Å²) in [5.41, 5.74) is 4.23. The highest BCUT2D eigenvalue weighted by atomic mass is 32.1. The molecule has 6 heteroatoms. The molecular formula is C26H25NO4S. The molecule has 0 aliphatic carbocycles. The van der Waals surface area contributed by atoms with Crippen molar-refractivity contribution in [2.24, 2.45) is 0 Å². The van der Waals surface area contributed by atoms with E-state index in [0.29, 0.717) is 19.7 Å². The van der Waals surface area contributed by atoms with Crippen LogP contribution in [0.2, 0.25) is 0 Å². The largest absolute Gasteiger partial charge is 0.508 e. The van der Waals surface area contributed by atoms with E-state index in [1.807, 2.05) is 6.07 Å². The summed E-state index contributed by atoms with van der Waals surface area (Å²) in [6.45, 7) is 2.58. The number of thiophene rings is 1. The van der Waals surface area contributed by atoms with Gasteiger partial charge >= 0.3 is 0 Å². The number of ether oxygens (including phenoxy) is 3. The van der Waals surface area contributed by atoms with Crippen LogP contribution in [0.25, 0.3) is 21.2 Å². The summed E-state index contributed by atoms with van der Waals surface area (Å²) in [5, 5.41) is 13.8. The number of rotatable bonds is 5. The van der Waals surface area contributed by atoms with Gasteiger partial charge in [0.1, 0.15) is 18.1 Å². The lowest BCUT2D eigenvalue weighted by Gasteiger charge is -2.21. The minimum absolute atomic E-state index is 0.271. The first-order valence-electron chi connectivity index (χ1n) is 10.5. The minimum atomic E-state index is 0.271. The maximum Gasteiger partial charge on any atom is 0.165 e. The molecule has 4 aromatic rings. The number of fused-ring (bicyclic) bond motifs is 2. The van der Waals surface area contributed by atoms with E-state index in [2.05, 4.69) is 46.7 Å². The van der Waals surface area contributed by atoms with Crippen LogP contribution >= 0.6 is 11.3 Å². The molecule has 0 amide bonds. The first kappa shape index (κ1) is 20.7. The Morgan fingerprint density at radius 2 is 1.94 bits per heavy atom. The fraction of sp³-hybridized carbons (Fsp3) is 0.231. The summed E-state index contributed by atoms with van der Waals surface area (Å²) in [5.74, 6) is 2.55. The van der Waals surface area contributed by atoms with Gasteiger partial charge in [-0.2, -0.15) is 0 Å². The van der Waals surface area contributed by atoms with E-state index in [9.17, 15) is 5.11 Å². The summed E-state index contributed by atoms with van der Waals surface area (Å²) < 4.78 is 18.4. The number of nitrogens with zero attached hydrogens (tertiary/aromatic N) is 1. The average molecular weight is 448 g/mol. The molecule has 164 valence electrons. The fourth-order valence-corrected chi connectivity index (χ4v) is 5.21. The van der Waals surface area contributed by atoms with Gasteiger partial charge in [0.05, 0.1) is 14.2 Å². The molecule has 0 fully saturated rings. The van der Waals surface area contributed by atoms with E-state index < -0.39 is 0 Å². The zero-order valence-electron chi connectivity index (χ0n) is 18.1. The summed E-state index contributed by atoms with van der Waals surface area (Å²) >= 11 is 1.75. The average Bonchev–Trinajstić information content (AvgIpc) is 3.14. The van der Waals surface area contributed by atoms with Gasteiger partial charge in [0.2, 0.25) is 0 Å². The van der Waals surface area contributed by atoms with Crippen LogP contribution in [-0.2, 0) is 13.1 Å². The topological polar surface area (TPSA) is 51.2 Å². The van der Waals surface area contributed by atoms with Crippen LogP contribution in [0.3, 0.4) is 0 Å². The van der Waals surface area contributed by atoms with Gasteiger partial charge in [-0.25, -0.2) is 0 Å². The molecule has 1 aromatic heterocycles. The van der Waals surface area contributed by atoms with Gasteiger partial charge in [0, 0.05) is 46.4 Å². The number of phenolic OH excluding ortho intramolecular Hbond substituents is 1. The Morgan fingerprint density at radius 3 is 2.78 bits per heavy atom. The second kappa shape index (κ2) is 8.73. The number of methoxy groups -OCH3 is 2. The lowest BCUT2D eigenvalue weighted by atomic mass is 10.0. The van der Waals surface area contributed by atoms with Crippen molar-refractivity contribution in [2.75, 3.05) is 27.4 Å². The van der Waals surface area contributed by atoms with Crippen molar-refractivity contribution in [1.82, 2.24) is 4.90 Å².